The van der Waals surface area contributed by atoms with Crippen LogP contribution in [0.25, 0.3) is 5.69 Å². The molecule has 1 aromatic carbocycles. The summed E-state index contributed by atoms with van der Waals surface area (Å²) in [4.78, 5) is 12.3. The Morgan fingerprint density at radius 2 is 2.00 bits per heavy atom. The van der Waals surface area contributed by atoms with Crippen molar-refractivity contribution >= 4 is 5.91 Å². The molecule has 0 bridgehead atoms. The van der Waals surface area contributed by atoms with Crippen LogP contribution in [-0.4, -0.2) is 28.8 Å². The largest absolute Gasteiger partial charge is 0.352 e. The Labute approximate surface area is 131 Å². The Bertz CT molecular complexity index is 629. The fourth-order valence-corrected chi connectivity index (χ4v) is 2.38. The maximum atomic E-state index is 12.3. The molecule has 0 fully saturated rings. The van der Waals surface area contributed by atoms with Crippen LogP contribution >= 0.6 is 0 Å². The Hall–Kier alpha value is -2.14. The third-order valence-corrected chi connectivity index (χ3v) is 3.54. The molecule has 1 aromatic heterocycles. The third-order valence-electron chi connectivity index (χ3n) is 3.54. The Kier molecular flexibility index (Phi) is 5.33. The van der Waals surface area contributed by atoms with E-state index in [4.69, 9.17) is 5.73 Å². The van der Waals surface area contributed by atoms with Crippen LogP contribution < -0.4 is 11.1 Å². The average molecular weight is 300 g/mol. The van der Waals surface area contributed by atoms with Gasteiger partial charge >= 0.3 is 0 Å². The summed E-state index contributed by atoms with van der Waals surface area (Å²) in [5.74, 6) is 0.106. The SMILES string of the molecule is Cc1ccc(-n2ncc(C(=O)NCCCN)c2C(C)C)cc1. The number of aromatic nitrogens is 2. The van der Waals surface area contributed by atoms with Gasteiger partial charge in [-0.25, -0.2) is 4.68 Å². The molecule has 3 N–H and O–H groups in total. The first-order valence-electron chi connectivity index (χ1n) is 7.67. The van der Waals surface area contributed by atoms with Crippen molar-refractivity contribution in [3.63, 3.8) is 0 Å². The molecule has 118 valence electrons. The number of carbonyl (C=O) groups is 1. The summed E-state index contributed by atoms with van der Waals surface area (Å²) in [6.45, 7) is 7.34. The van der Waals surface area contributed by atoms with Crippen LogP contribution in [0.5, 0.6) is 0 Å². The number of nitrogens with two attached hydrogens (primary N) is 1. The number of carbonyl (C=O) groups excluding carboxylic acids is 1. The van der Waals surface area contributed by atoms with Crippen LogP contribution in [0.1, 0.15) is 47.8 Å². The van der Waals surface area contributed by atoms with Crippen LogP contribution in [0.3, 0.4) is 0 Å². The number of amides is 1. The quantitative estimate of drug-likeness (QED) is 0.804. The van der Waals surface area contributed by atoms with E-state index in [0.717, 1.165) is 17.8 Å². The number of nitrogens with zero attached hydrogens (tertiary/aromatic N) is 2. The highest BCUT2D eigenvalue weighted by Gasteiger charge is 2.20. The summed E-state index contributed by atoms with van der Waals surface area (Å²) in [5.41, 5.74) is 9.18. The van der Waals surface area contributed by atoms with Gasteiger partial charge in [0.25, 0.3) is 5.91 Å². The van der Waals surface area contributed by atoms with Crippen molar-refractivity contribution in [3.05, 3.63) is 47.3 Å². The molecule has 0 aliphatic carbocycles. The lowest BCUT2D eigenvalue weighted by Gasteiger charge is -2.13. The van der Waals surface area contributed by atoms with Crippen molar-refractivity contribution in [3.8, 4) is 5.69 Å². The lowest BCUT2D eigenvalue weighted by atomic mass is 10.0. The predicted octanol–water partition coefficient (Wildman–Crippen LogP) is 2.38. The van der Waals surface area contributed by atoms with E-state index in [1.54, 1.807) is 6.20 Å². The molecule has 2 rings (SSSR count). The van der Waals surface area contributed by atoms with E-state index in [-0.39, 0.29) is 11.8 Å². The molecule has 0 aliphatic rings. The average Bonchev–Trinajstić information content (AvgIpc) is 2.93. The van der Waals surface area contributed by atoms with Crippen molar-refractivity contribution in [1.82, 2.24) is 15.1 Å². The van der Waals surface area contributed by atoms with Gasteiger partial charge < -0.3 is 11.1 Å². The molecule has 0 saturated carbocycles. The Balaban J connectivity index is 2.33. The molecule has 0 spiro atoms. The van der Waals surface area contributed by atoms with E-state index < -0.39 is 0 Å². The van der Waals surface area contributed by atoms with Crippen molar-refractivity contribution < 1.29 is 4.79 Å². The first kappa shape index (κ1) is 16.2. The topological polar surface area (TPSA) is 72.9 Å². The molecule has 2 aromatic rings. The normalized spacial score (nSPS) is 11.0. The lowest BCUT2D eigenvalue weighted by molar-refractivity contribution is 0.0952. The molecule has 5 heteroatoms. The number of hydrogen-bond donors (Lipinski definition) is 2. The van der Waals surface area contributed by atoms with Gasteiger partial charge in [-0.15, -0.1) is 0 Å². The van der Waals surface area contributed by atoms with Crippen LogP contribution in [0.4, 0.5) is 0 Å². The van der Waals surface area contributed by atoms with Gasteiger partial charge in [0.1, 0.15) is 0 Å². The minimum Gasteiger partial charge on any atom is -0.352 e. The molecule has 0 unspecified atom stereocenters. The van der Waals surface area contributed by atoms with Gasteiger partial charge in [0, 0.05) is 6.54 Å². The van der Waals surface area contributed by atoms with E-state index >= 15 is 0 Å². The van der Waals surface area contributed by atoms with Gasteiger partial charge in [-0.2, -0.15) is 5.10 Å². The van der Waals surface area contributed by atoms with Crippen molar-refractivity contribution in [1.29, 1.82) is 0 Å². The molecule has 1 amide bonds. The van der Waals surface area contributed by atoms with E-state index in [1.807, 2.05) is 35.9 Å². The van der Waals surface area contributed by atoms with Crippen LogP contribution in [0.15, 0.2) is 30.5 Å². The standard InChI is InChI=1S/C17H24N4O/c1-12(2)16-15(17(22)19-10-4-9-18)11-20-21(16)14-7-5-13(3)6-8-14/h5-8,11-12H,4,9-10,18H2,1-3H3,(H,19,22). The van der Waals surface area contributed by atoms with Gasteiger partial charge in [-0.1, -0.05) is 31.5 Å². The fraction of sp³-hybridized carbons (Fsp3) is 0.412. The van der Waals surface area contributed by atoms with E-state index in [9.17, 15) is 4.79 Å². The Morgan fingerprint density at radius 1 is 1.32 bits per heavy atom. The molecule has 0 saturated heterocycles. The first-order valence-corrected chi connectivity index (χ1v) is 7.67. The molecule has 1 heterocycles. The van der Waals surface area contributed by atoms with E-state index in [2.05, 4.69) is 24.3 Å². The zero-order valence-corrected chi connectivity index (χ0v) is 13.5. The summed E-state index contributed by atoms with van der Waals surface area (Å²) in [6, 6.07) is 8.12. The van der Waals surface area contributed by atoms with Gasteiger partial charge in [0.15, 0.2) is 0 Å². The molecule has 5 nitrogen and oxygen atoms in total. The number of aryl methyl sites for hydroxylation is 1. The number of nitrogens with one attached hydrogen (secondary N) is 1. The zero-order valence-electron chi connectivity index (χ0n) is 13.5. The van der Waals surface area contributed by atoms with Crippen LogP contribution in [0.2, 0.25) is 0 Å². The fourth-order valence-electron chi connectivity index (χ4n) is 2.38. The second-order valence-electron chi connectivity index (χ2n) is 5.74. The van der Waals surface area contributed by atoms with Crippen molar-refractivity contribution in [2.45, 2.75) is 33.1 Å². The second kappa shape index (κ2) is 7.22. The highest BCUT2D eigenvalue weighted by molar-refractivity contribution is 5.95. The molecular formula is C17H24N4O. The van der Waals surface area contributed by atoms with E-state index in [1.165, 1.54) is 5.56 Å². The summed E-state index contributed by atoms with van der Waals surface area (Å²) in [5, 5.41) is 7.31. The maximum absolute atomic E-state index is 12.3. The molecule has 0 aliphatic heterocycles. The zero-order chi connectivity index (χ0) is 16.1. The number of rotatable bonds is 6. The third kappa shape index (κ3) is 3.54. The smallest absolute Gasteiger partial charge is 0.254 e. The van der Waals surface area contributed by atoms with Gasteiger partial charge in [-0.05, 0) is 37.9 Å². The molecule has 22 heavy (non-hydrogen) atoms. The van der Waals surface area contributed by atoms with Crippen molar-refractivity contribution in [2.75, 3.05) is 13.1 Å². The lowest BCUT2D eigenvalue weighted by Crippen LogP contribution is -2.27. The van der Waals surface area contributed by atoms with Crippen LogP contribution in [-0.2, 0) is 0 Å². The van der Waals surface area contributed by atoms with Crippen molar-refractivity contribution in [2.24, 2.45) is 5.73 Å². The highest BCUT2D eigenvalue weighted by Crippen LogP contribution is 2.23. The van der Waals surface area contributed by atoms with E-state index in [0.29, 0.717) is 18.7 Å². The summed E-state index contributed by atoms with van der Waals surface area (Å²) in [7, 11) is 0. The van der Waals surface area contributed by atoms with Gasteiger partial charge in [0.05, 0.1) is 23.1 Å². The van der Waals surface area contributed by atoms with Gasteiger partial charge in [-0.3, -0.25) is 4.79 Å². The number of hydrogen-bond acceptors (Lipinski definition) is 3. The molecule has 0 radical (unpaired) electrons. The predicted molar refractivity (Wildman–Crippen MR) is 88.4 cm³/mol. The van der Waals surface area contributed by atoms with Gasteiger partial charge in [0.2, 0.25) is 0 Å². The monoisotopic (exact) mass is 300 g/mol. The Morgan fingerprint density at radius 3 is 2.59 bits per heavy atom. The second-order valence-corrected chi connectivity index (χ2v) is 5.74. The summed E-state index contributed by atoms with van der Waals surface area (Å²) in [6.07, 6.45) is 2.42. The summed E-state index contributed by atoms with van der Waals surface area (Å²) >= 11 is 0. The minimum atomic E-state index is -0.0875. The maximum Gasteiger partial charge on any atom is 0.254 e. The molecule has 0 atom stereocenters. The molecular weight excluding hydrogens is 276 g/mol. The first-order chi connectivity index (χ1) is 10.5. The minimum absolute atomic E-state index is 0.0875. The van der Waals surface area contributed by atoms with Crippen LogP contribution in [0, 0.1) is 6.92 Å². The highest BCUT2D eigenvalue weighted by atomic mass is 16.1. The number of benzene rings is 1. The summed E-state index contributed by atoms with van der Waals surface area (Å²) < 4.78 is 1.85.